The van der Waals surface area contributed by atoms with Crippen LogP contribution in [0.3, 0.4) is 0 Å². The first kappa shape index (κ1) is 19.6. The Morgan fingerprint density at radius 3 is 2.89 bits per heavy atom. The molecule has 1 aliphatic rings. The Hall–Kier alpha value is -1.74. The Balaban J connectivity index is 1.74. The first-order valence-electron chi connectivity index (χ1n) is 9.18. The highest BCUT2D eigenvalue weighted by atomic mass is 79.9. The lowest BCUT2D eigenvalue weighted by Gasteiger charge is -2.16. The van der Waals surface area contributed by atoms with Crippen molar-refractivity contribution < 1.29 is 5.11 Å². The molecule has 0 radical (unpaired) electrons. The molecule has 0 saturated heterocycles. The minimum Gasteiger partial charge on any atom is -0.390 e. The molecule has 28 heavy (non-hydrogen) atoms. The summed E-state index contributed by atoms with van der Waals surface area (Å²) in [6, 6.07) is 5.63. The summed E-state index contributed by atoms with van der Waals surface area (Å²) in [6.07, 6.45) is 4.05. The lowest BCUT2D eigenvalue weighted by atomic mass is 10.1. The fraction of sp³-hybridized carbons (Fsp3) is 0.421. The van der Waals surface area contributed by atoms with Crippen LogP contribution in [0.25, 0.3) is 16.7 Å². The second-order valence-corrected chi connectivity index (χ2v) is 8.93. The van der Waals surface area contributed by atoms with E-state index in [1.165, 1.54) is 0 Å². The van der Waals surface area contributed by atoms with Gasteiger partial charge in [-0.1, -0.05) is 11.6 Å². The highest BCUT2D eigenvalue weighted by molar-refractivity contribution is 9.10. The van der Waals surface area contributed by atoms with Gasteiger partial charge in [-0.2, -0.15) is 10.1 Å². The number of aromatic nitrogens is 4. The fourth-order valence-corrected chi connectivity index (χ4v) is 4.30. The number of benzene rings is 1. The standard InChI is InChI=1S/C19H22BrClN6O/c1-10(22)11-5-12(21)7-14(6-11)27-17-15(16(20)26-27)9-23-18(25-17)24-13-3-4-19(2,28)8-13/h5-7,9-10,13,28H,3-4,8,22H2,1-2H3,(H,23,24,25)/t10-,13+,19+/m0/s1. The molecule has 4 N–H and O–H groups in total. The normalized spacial score (nSPS) is 23.3. The Bertz CT molecular complexity index is 1030. The molecule has 1 fully saturated rings. The van der Waals surface area contributed by atoms with Crippen LogP contribution in [-0.4, -0.2) is 36.5 Å². The molecule has 1 aliphatic carbocycles. The van der Waals surface area contributed by atoms with Gasteiger partial charge in [0.05, 0.1) is 16.7 Å². The van der Waals surface area contributed by atoms with Crippen LogP contribution in [0, 0.1) is 0 Å². The van der Waals surface area contributed by atoms with Crippen LogP contribution in [0.15, 0.2) is 29.0 Å². The molecule has 4 rings (SSSR count). The van der Waals surface area contributed by atoms with Gasteiger partial charge in [0, 0.05) is 23.3 Å². The van der Waals surface area contributed by atoms with Gasteiger partial charge in [0.25, 0.3) is 0 Å². The minimum absolute atomic E-state index is 0.142. The quantitative estimate of drug-likeness (QED) is 0.539. The van der Waals surface area contributed by atoms with Crippen molar-refractivity contribution in [3.63, 3.8) is 0 Å². The average Bonchev–Trinajstić information content (AvgIpc) is 3.13. The van der Waals surface area contributed by atoms with E-state index < -0.39 is 5.60 Å². The maximum absolute atomic E-state index is 10.2. The van der Waals surface area contributed by atoms with E-state index in [0.29, 0.717) is 27.6 Å². The summed E-state index contributed by atoms with van der Waals surface area (Å²) < 4.78 is 2.38. The van der Waals surface area contributed by atoms with E-state index in [-0.39, 0.29) is 12.1 Å². The van der Waals surface area contributed by atoms with Crippen LogP contribution in [-0.2, 0) is 0 Å². The molecule has 0 spiro atoms. The predicted molar refractivity (Wildman–Crippen MR) is 114 cm³/mol. The molecule has 1 saturated carbocycles. The third kappa shape index (κ3) is 3.87. The van der Waals surface area contributed by atoms with Crippen molar-refractivity contribution in [2.24, 2.45) is 5.73 Å². The van der Waals surface area contributed by atoms with Gasteiger partial charge >= 0.3 is 0 Å². The van der Waals surface area contributed by atoms with Crippen LogP contribution in [0.1, 0.15) is 44.7 Å². The molecule has 148 valence electrons. The maximum Gasteiger partial charge on any atom is 0.224 e. The van der Waals surface area contributed by atoms with E-state index in [1.807, 2.05) is 32.0 Å². The Labute approximate surface area is 176 Å². The number of nitrogens with two attached hydrogens (primary N) is 1. The van der Waals surface area contributed by atoms with E-state index in [1.54, 1.807) is 10.9 Å². The number of hydrogen-bond acceptors (Lipinski definition) is 6. The van der Waals surface area contributed by atoms with E-state index in [0.717, 1.165) is 29.5 Å². The molecule has 0 bridgehead atoms. The van der Waals surface area contributed by atoms with Crippen LogP contribution in [0.2, 0.25) is 5.02 Å². The molecule has 0 aliphatic heterocycles. The molecule has 2 heterocycles. The van der Waals surface area contributed by atoms with Gasteiger partial charge in [0.15, 0.2) is 5.65 Å². The molecule has 9 heteroatoms. The van der Waals surface area contributed by atoms with Crippen molar-refractivity contribution in [3.8, 4) is 5.69 Å². The number of rotatable bonds is 4. The number of anilines is 1. The number of nitrogens with one attached hydrogen (secondary N) is 1. The summed E-state index contributed by atoms with van der Waals surface area (Å²) in [5, 5.41) is 19.5. The molecule has 7 nitrogen and oxygen atoms in total. The topological polar surface area (TPSA) is 102 Å². The molecule has 1 aromatic carbocycles. The van der Waals surface area contributed by atoms with Gasteiger partial charge in [-0.15, -0.1) is 0 Å². The van der Waals surface area contributed by atoms with Crippen molar-refractivity contribution >= 4 is 44.5 Å². The van der Waals surface area contributed by atoms with Gasteiger partial charge < -0.3 is 16.2 Å². The molecule has 0 unspecified atom stereocenters. The molecule has 3 aromatic rings. The average molecular weight is 466 g/mol. The van der Waals surface area contributed by atoms with E-state index >= 15 is 0 Å². The maximum atomic E-state index is 10.2. The second kappa shape index (κ2) is 7.26. The number of nitrogens with zero attached hydrogens (tertiary/aromatic N) is 4. The lowest BCUT2D eigenvalue weighted by molar-refractivity contribution is 0.0673. The molecular weight excluding hydrogens is 444 g/mol. The van der Waals surface area contributed by atoms with Crippen LogP contribution >= 0.6 is 27.5 Å². The summed E-state index contributed by atoms with van der Waals surface area (Å²) in [4.78, 5) is 9.10. The van der Waals surface area contributed by atoms with Crippen LogP contribution in [0.4, 0.5) is 5.95 Å². The lowest BCUT2D eigenvalue weighted by Crippen LogP contribution is -2.24. The third-order valence-corrected chi connectivity index (χ3v) is 5.91. The SMILES string of the molecule is C[C@H](N)c1cc(Cl)cc(-n2nc(Br)c3cnc(N[C@@H]4CC[C@@](C)(O)C4)nc32)c1. The van der Waals surface area contributed by atoms with Crippen molar-refractivity contribution in [1.29, 1.82) is 0 Å². The Kier molecular flexibility index (Phi) is 5.07. The monoisotopic (exact) mass is 464 g/mol. The second-order valence-electron chi connectivity index (χ2n) is 7.75. The highest BCUT2D eigenvalue weighted by Gasteiger charge is 2.33. The Morgan fingerprint density at radius 1 is 1.43 bits per heavy atom. The number of hydrogen-bond donors (Lipinski definition) is 3. The summed E-state index contributed by atoms with van der Waals surface area (Å²) in [5.74, 6) is 0.512. The van der Waals surface area contributed by atoms with Gasteiger partial charge in [-0.3, -0.25) is 0 Å². The van der Waals surface area contributed by atoms with Gasteiger partial charge in [0.1, 0.15) is 4.60 Å². The van der Waals surface area contributed by atoms with Gasteiger partial charge in [-0.05, 0) is 72.8 Å². The summed E-state index contributed by atoms with van der Waals surface area (Å²) in [6.45, 7) is 3.77. The van der Waals surface area contributed by atoms with Gasteiger partial charge in [0.2, 0.25) is 5.95 Å². The zero-order chi connectivity index (χ0) is 20.1. The molecule has 3 atom stereocenters. The first-order chi connectivity index (χ1) is 13.2. The largest absolute Gasteiger partial charge is 0.390 e. The van der Waals surface area contributed by atoms with Gasteiger partial charge in [-0.25, -0.2) is 9.67 Å². The zero-order valence-corrected chi connectivity index (χ0v) is 18.0. The number of halogens is 2. The minimum atomic E-state index is -0.636. The summed E-state index contributed by atoms with van der Waals surface area (Å²) in [5.41, 5.74) is 7.75. The summed E-state index contributed by atoms with van der Waals surface area (Å²) >= 11 is 9.78. The van der Waals surface area contributed by atoms with Crippen molar-refractivity contribution in [3.05, 3.63) is 39.6 Å². The van der Waals surface area contributed by atoms with Crippen LogP contribution < -0.4 is 11.1 Å². The first-order valence-corrected chi connectivity index (χ1v) is 10.4. The highest BCUT2D eigenvalue weighted by Crippen LogP contribution is 2.32. The van der Waals surface area contributed by atoms with E-state index in [9.17, 15) is 5.11 Å². The zero-order valence-electron chi connectivity index (χ0n) is 15.7. The summed E-state index contributed by atoms with van der Waals surface area (Å²) in [7, 11) is 0. The van der Waals surface area contributed by atoms with Crippen molar-refractivity contribution in [1.82, 2.24) is 19.7 Å². The predicted octanol–water partition coefficient (Wildman–Crippen LogP) is 3.97. The third-order valence-electron chi connectivity index (χ3n) is 5.11. The van der Waals surface area contributed by atoms with Crippen LogP contribution in [0.5, 0.6) is 0 Å². The number of aliphatic hydroxyl groups is 1. The Morgan fingerprint density at radius 2 is 2.21 bits per heavy atom. The smallest absolute Gasteiger partial charge is 0.224 e. The van der Waals surface area contributed by atoms with E-state index in [2.05, 4.69) is 36.3 Å². The van der Waals surface area contributed by atoms with Crippen molar-refractivity contribution in [2.75, 3.05) is 5.32 Å². The molecular formula is C19H22BrClN6O. The number of fused-ring (bicyclic) bond motifs is 1. The molecule has 2 aromatic heterocycles. The fourth-order valence-electron chi connectivity index (χ4n) is 3.63. The van der Waals surface area contributed by atoms with Crippen molar-refractivity contribution in [2.45, 2.75) is 50.8 Å². The molecule has 0 amide bonds. The van der Waals surface area contributed by atoms with E-state index in [4.69, 9.17) is 17.3 Å².